The summed E-state index contributed by atoms with van der Waals surface area (Å²) in [6.07, 6.45) is 0.410. The lowest BCUT2D eigenvalue weighted by Gasteiger charge is -2.12. The molecule has 1 aromatic heterocycles. The van der Waals surface area contributed by atoms with Crippen molar-refractivity contribution >= 4 is 17.3 Å². The lowest BCUT2D eigenvalue weighted by molar-refractivity contribution is 1.03. The Balaban J connectivity index is 2.26. The molecule has 0 bridgehead atoms. The molecule has 0 aliphatic heterocycles. The second kappa shape index (κ2) is 5.99. The SMILES string of the molecule is Cc1nc(NN)c(C)c(Nc2ccc(CC#N)cc2)n1. The van der Waals surface area contributed by atoms with Gasteiger partial charge < -0.3 is 10.7 Å². The Labute approximate surface area is 117 Å². The van der Waals surface area contributed by atoms with Crippen LogP contribution in [0.15, 0.2) is 24.3 Å². The molecular formula is C14H16N6. The molecule has 2 aromatic rings. The largest absolute Gasteiger partial charge is 0.340 e. The number of nitrogen functional groups attached to an aromatic ring is 1. The average molecular weight is 268 g/mol. The van der Waals surface area contributed by atoms with Crippen LogP contribution >= 0.6 is 0 Å². The Morgan fingerprint density at radius 3 is 2.40 bits per heavy atom. The molecule has 1 aromatic carbocycles. The van der Waals surface area contributed by atoms with Gasteiger partial charge in [-0.15, -0.1) is 0 Å². The van der Waals surface area contributed by atoms with Crippen molar-refractivity contribution in [2.24, 2.45) is 5.84 Å². The zero-order chi connectivity index (χ0) is 14.5. The van der Waals surface area contributed by atoms with E-state index in [9.17, 15) is 0 Å². The third kappa shape index (κ3) is 3.02. The molecule has 0 saturated heterocycles. The number of nitrogens with two attached hydrogens (primary N) is 1. The highest BCUT2D eigenvalue weighted by Crippen LogP contribution is 2.23. The Bertz CT molecular complexity index is 642. The minimum atomic E-state index is 0.410. The molecule has 4 N–H and O–H groups in total. The van der Waals surface area contributed by atoms with E-state index in [0.29, 0.717) is 23.9 Å². The molecule has 0 aliphatic carbocycles. The van der Waals surface area contributed by atoms with E-state index in [1.807, 2.05) is 38.1 Å². The first-order valence-corrected chi connectivity index (χ1v) is 6.19. The van der Waals surface area contributed by atoms with Gasteiger partial charge >= 0.3 is 0 Å². The van der Waals surface area contributed by atoms with Crippen molar-refractivity contribution in [2.75, 3.05) is 10.7 Å². The van der Waals surface area contributed by atoms with Gasteiger partial charge in [-0.2, -0.15) is 5.26 Å². The zero-order valence-corrected chi connectivity index (χ0v) is 11.4. The van der Waals surface area contributed by atoms with Crippen molar-refractivity contribution in [3.8, 4) is 6.07 Å². The van der Waals surface area contributed by atoms with Gasteiger partial charge in [0.05, 0.1) is 12.5 Å². The van der Waals surface area contributed by atoms with Crippen molar-refractivity contribution in [1.29, 1.82) is 5.26 Å². The van der Waals surface area contributed by atoms with Gasteiger partial charge in [-0.05, 0) is 31.5 Å². The molecule has 0 radical (unpaired) electrons. The second-order valence-electron chi connectivity index (χ2n) is 4.39. The van der Waals surface area contributed by atoms with E-state index >= 15 is 0 Å². The molecule has 6 nitrogen and oxygen atoms in total. The number of hydrazine groups is 1. The number of aryl methyl sites for hydroxylation is 1. The fraction of sp³-hybridized carbons (Fsp3) is 0.214. The summed E-state index contributed by atoms with van der Waals surface area (Å²) in [5, 5.41) is 11.9. The first-order valence-electron chi connectivity index (χ1n) is 6.19. The molecule has 0 saturated carbocycles. The molecule has 102 valence electrons. The Morgan fingerprint density at radius 1 is 1.15 bits per heavy atom. The van der Waals surface area contributed by atoms with Gasteiger partial charge in [0.25, 0.3) is 0 Å². The Morgan fingerprint density at radius 2 is 1.80 bits per heavy atom. The number of nitrogens with zero attached hydrogens (tertiary/aromatic N) is 3. The fourth-order valence-electron chi connectivity index (χ4n) is 1.82. The van der Waals surface area contributed by atoms with Crippen LogP contribution in [0.25, 0.3) is 0 Å². The molecule has 0 aliphatic rings. The third-order valence-electron chi connectivity index (χ3n) is 2.89. The number of hydrogen-bond donors (Lipinski definition) is 3. The van der Waals surface area contributed by atoms with Gasteiger partial charge in [0.15, 0.2) is 0 Å². The quantitative estimate of drug-likeness (QED) is 0.580. The van der Waals surface area contributed by atoms with Gasteiger partial charge in [0, 0.05) is 11.3 Å². The first kappa shape index (κ1) is 13.8. The van der Waals surface area contributed by atoms with Crippen LogP contribution in [0.3, 0.4) is 0 Å². The maximum absolute atomic E-state index is 8.65. The van der Waals surface area contributed by atoms with Crippen molar-refractivity contribution in [3.63, 3.8) is 0 Å². The number of anilines is 3. The number of hydrogen-bond acceptors (Lipinski definition) is 6. The summed E-state index contributed by atoms with van der Waals surface area (Å²) in [7, 11) is 0. The van der Waals surface area contributed by atoms with Crippen molar-refractivity contribution in [1.82, 2.24) is 9.97 Å². The number of aromatic nitrogens is 2. The van der Waals surface area contributed by atoms with E-state index in [2.05, 4.69) is 26.8 Å². The lowest BCUT2D eigenvalue weighted by atomic mass is 10.1. The van der Waals surface area contributed by atoms with Gasteiger partial charge in [-0.3, -0.25) is 0 Å². The van der Waals surface area contributed by atoms with Gasteiger partial charge in [0.1, 0.15) is 17.5 Å². The fourth-order valence-corrected chi connectivity index (χ4v) is 1.82. The maximum atomic E-state index is 8.65. The van der Waals surface area contributed by atoms with E-state index in [0.717, 1.165) is 16.8 Å². The van der Waals surface area contributed by atoms with Crippen LogP contribution in [0, 0.1) is 25.2 Å². The van der Waals surface area contributed by atoms with Gasteiger partial charge in [0.2, 0.25) is 0 Å². The summed E-state index contributed by atoms with van der Waals surface area (Å²) in [5.41, 5.74) is 5.29. The summed E-state index contributed by atoms with van der Waals surface area (Å²) >= 11 is 0. The van der Waals surface area contributed by atoms with Crippen molar-refractivity contribution in [3.05, 3.63) is 41.2 Å². The Kier molecular flexibility index (Phi) is 4.13. The van der Waals surface area contributed by atoms with E-state index < -0.39 is 0 Å². The monoisotopic (exact) mass is 268 g/mol. The second-order valence-corrected chi connectivity index (χ2v) is 4.39. The highest BCUT2D eigenvalue weighted by Gasteiger charge is 2.08. The summed E-state index contributed by atoms with van der Waals surface area (Å²) in [6, 6.07) is 9.78. The standard InChI is InChI=1S/C14H16N6/c1-9-13(17-10(2)18-14(9)20-16)19-12-5-3-11(4-6-12)7-8-15/h3-6H,7,16H2,1-2H3,(H2,17,18,19,20). The van der Waals surface area contributed by atoms with Crippen molar-refractivity contribution in [2.45, 2.75) is 20.3 Å². The molecule has 1 heterocycles. The highest BCUT2D eigenvalue weighted by molar-refractivity contribution is 5.64. The minimum Gasteiger partial charge on any atom is -0.340 e. The van der Waals surface area contributed by atoms with Gasteiger partial charge in [-0.1, -0.05) is 12.1 Å². The van der Waals surface area contributed by atoms with E-state index in [4.69, 9.17) is 11.1 Å². The number of nitrogens with one attached hydrogen (secondary N) is 2. The van der Waals surface area contributed by atoms with Crippen LogP contribution in [-0.2, 0) is 6.42 Å². The van der Waals surface area contributed by atoms with Gasteiger partial charge in [-0.25, -0.2) is 15.8 Å². The predicted molar refractivity (Wildman–Crippen MR) is 78.4 cm³/mol. The molecular weight excluding hydrogens is 252 g/mol. The van der Waals surface area contributed by atoms with Crippen LogP contribution in [0.1, 0.15) is 17.0 Å². The normalized spacial score (nSPS) is 9.90. The van der Waals surface area contributed by atoms with Crippen LogP contribution in [0.5, 0.6) is 0 Å². The zero-order valence-electron chi connectivity index (χ0n) is 11.4. The van der Waals surface area contributed by atoms with E-state index in [1.165, 1.54) is 0 Å². The van der Waals surface area contributed by atoms with Crippen LogP contribution in [0.4, 0.5) is 17.3 Å². The van der Waals surface area contributed by atoms with Crippen LogP contribution in [-0.4, -0.2) is 9.97 Å². The molecule has 2 rings (SSSR count). The summed E-state index contributed by atoms with van der Waals surface area (Å²) in [5.74, 6) is 7.37. The van der Waals surface area contributed by atoms with Crippen molar-refractivity contribution < 1.29 is 0 Å². The molecule has 0 spiro atoms. The number of rotatable bonds is 4. The first-order chi connectivity index (χ1) is 9.63. The van der Waals surface area contributed by atoms with Crippen LogP contribution < -0.4 is 16.6 Å². The molecule has 20 heavy (non-hydrogen) atoms. The maximum Gasteiger partial charge on any atom is 0.148 e. The minimum absolute atomic E-state index is 0.410. The Hall–Kier alpha value is -2.65. The number of nitriles is 1. The summed E-state index contributed by atoms with van der Waals surface area (Å²) in [6.45, 7) is 3.70. The molecule has 0 amide bonds. The highest BCUT2D eigenvalue weighted by atomic mass is 15.3. The summed E-state index contributed by atoms with van der Waals surface area (Å²) < 4.78 is 0. The summed E-state index contributed by atoms with van der Waals surface area (Å²) in [4.78, 5) is 8.57. The van der Waals surface area contributed by atoms with Crippen LogP contribution in [0.2, 0.25) is 0 Å². The predicted octanol–water partition coefficient (Wildman–Crippen LogP) is 2.19. The molecule has 6 heteroatoms. The van der Waals surface area contributed by atoms with E-state index in [1.54, 1.807) is 0 Å². The number of benzene rings is 1. The third-order valence-corrected chi connectivity index (χ3v) is 2.89. The lowest BCUT2D eigenvalue weighted by Crippen LogP contribution is -2.13. The average Bonchev–Trinajstić information content (AvgIpc) is 2.45. The smallest absolute Gasteiger partial charge is 0.148 e. The molecule has 0 atom stereocenters. The molecule has 0 fully saturated rings. The topological polar surface area (TPSA) is 99.6 Å². The van der Waals surface area contributed by atoms with E-state index in [-0.39, 0.29) is 0 Å². The molecule has 0 unspecified atom stereocenters.